The largest absolute Gasteiger partial charge is 0.351 e. The van der Waals surface area contributed by atoms with Crippen LogP contribution in [0.15, 0.2) is 83.0 Å². The number of para-hydroxylation sites is 1. The fourth-order valence-electron chi connectivity index (χ4n) is 4.44. The number of thiocarbonyl (C=S) groups is 1. The zero-order valence-corrected chi connectivity index (χ0v) is 21.2. The lowest BCUT2D eigenvalue weighted by molar-refractivity contribution is 0.404. The fourth-order valence-corrected chi connectivity index (χ4v) is 4.80. The SMILES string of the molecule is CCc1ccc(-c2noc(C3=C(C)N(c4ccccc4)C(=S)NC3c3ccc(C)c(C)c3)n2)cc1. The molecule has 5 rings (SSSR count). The summed E-state index contributed by atoms with van der Waals surface area (Å²) in [5, 5.41) is 8.51. The van der Waals surface area contributed by atoms with Crippen LogP contribution in [0.25, 0.3) is 17.0 Å². The van der Waals surface area contributed by atoms with E-state index in [2.05, 4.69) is 68.5 Å². The van der Waals surface area contributed by atoms with Gasteiger partial charge in [-0.15, -0.1) is 0 Å². The Morgan fingerprint density at radius 3 is 2.37 bits per heavy atom. The first-order valence-electron chi connectivity index (χ1n) is 11.8. The van der Waals surface area contributed by atoms with Gasteiger partial charge < -0.3 is 9.84 Å². The van der Waals surface area contributed by atoms with Crippen LogP contribution < -0.4 is 10.2 Å². The molecule has 4 aromatic rings. The Balaban J connectivity index is 1.64. The highest BCUT2D eigenvalue weighted by Crippen LogP contribution is 2.39. The van der Waals surface area contributed by atoms with Crippen molar-refractivity contribution in [2.75, 3.05) is 4.90 Å². The molecule has 0 aliphatic carbocycles. The fraction of sp³-hybridized carbons (Fsp3) is 0.207. The van der Waals surface area contributed by atoms with Gasteiger partial charge in [0.1, 0.15) is 0 Å². The average Bonchev–Trinajstić information content (AvgIpc) is 3.36. The highest BCUT2D eigenvalue weighted by molar-refractivity contribution is 7.80. The van der Waals surface area contributed by atoms with Crippen molar-refractivity contribution in [2.45, 2.75) is 40.2 Å². The van der Waals surface area contributed by atoms with Crippen molar-refractivity contribution >= 4 is 28.6 Å². The molecule has 176 valence electrons. The Morgan fingerprint density at radius 2 is 1.69 bits per heavy atom. The van der Waals surface area contributed by atoms with Gasteiger partial charge in [-0.25, -0.2) is 0 Å². The van der Waals surface area contributed by atoms with E-state index in [0.717, 1.165) is 34.5 Å². The van der Waals surface area contributed by atoms with E-state index in [0.29, 0.717) is 16.8 Å². The van der Waals surface area contributed by atoms with E-state index >= 15 is 0 Å². The van der Waals surface area contributed by atoms with Crippen molar-refractivity contribution in [3.8, 4) is 11.4 Å². The molecule has 5 nitrogen and oxygen atoms in total. The van der Waals surface area contributed by atoms with Crippen LogP contribution in [0.1, 0.15) is 48.0 Å². The zero-order chi connectivity index (χ0) is 24.5. The summed E-state index contributed by atoms with van der Waals surface area (Å²) in [6, 6.07) is 24.6. The molecule has 3 aromatic carbocycles. The van der Waals surface area contributed by atoms with Crippen molar-refractivity contribution in [3.05, 3.63) is 107 Å². The first kappa shape index (κ1) is 23.0. The number of nitrogens with one attached hydrogen (secondary N) is 1. The smallest absolute Gasteiger partial charge is 0.258 e. The molecule has 35 heavy (non-hydrogen) atoms. The molecule has 1 aliphatic rings. The third-order valence-corrected chi connectivity index (χ3v) is 6.94. The lowest BCUT2D eigenvalue weighted by Gasteiger charge is -2.37. The first-order valence-corrected chi connectivity index (χ1v) is 12.2. The zero-order valence-electron chi connectivity index (χ0n) is 20.4. The maximum Gasteiger partial charge on any atom is 0.258 e. The number of anilines is 1. The van der Waals surface area contributed by atoms with Crippen LogP contribution in [-0.2, 0) is 6.42 Å². The summed E-state index contributed by atoms with van der Waals surface area (Å²) < 4.78 is 5.88. The molecule has 0 saturated heterocycles. The van der Waals surface area contributed by atoms with Crippen molar-refractivity contribution in [1.82, 2.24) is 15.5 Å². The molecular formula is C29H28N4OS. The lowest BCUT2D eigenvalue weighted by atomic mass is 9.92. The van der Waals surface area contributed by atoms with Gasteiger partial charge in [0.25, 0.3) is 5.89 Å². The third kappa shape index (κ3) is 4.37. The highest BCUT2D eigenvalue weighted by Gasteiger charge is 2.34. The van der Waals surface area contributed by atoms with Crippen LogP contribution >= 0.6 is 12.2 Å². The second kappa shape index (κ2) is 9.47. The van der Waals surface area contributed by atoms with Gasteiger partial charge in [0.15, 0.2) is 5.11 Å². The van der Waals surface area contributed by atoms with E-state index in [1.165, 1.54) is 16.7 Å². The monoisotopic (exact) mass is 480 g/mol. The van der Waals surface area contributed by atoms with Gasteiger partial charge in [0, 0.05) is 16.9 Å². The van der Waals surface area contributed by atoms with Gasteiger partial charge in [-0.3, -0.25) is 4.90 Å². The van der Waals surface area contributed by atoms with Gasteiger partial charge >= 0.3 is 0 Å². The Hall–Kier alpha value is -3.77. The molecular weight excluding hydrogens is 452 g/mol. The first-order chi connectivity index (χ1) is 17.0. The van der Waals surface area contributed by atoms with Crippen LogP contribution in [0.3, 0.4) is 0 Å². The number of rotatable bonds is 5. The Morgan fingerprint density at radius 1 is 0.943 bits per heavy atom. The summed E-state index contributed by atoms with van der Waals surface area (Å²) in [5.74, 6) is 1.05. The van der Waals surface area contributed by atoms with Crippen LogP contribution in [0, 0.1) is 13.8 Å². The van der Waals surface area contributed by atoms with Gasteiger partial charge in [-0.2, -0.15) is 4.98 Å². The van der Waals surface area contributed by atoms with Gasteiger partial charge in [0.2, 0.25) is 5.82 Å². The Labute approximate surface area is 211 Å². The number of aryl methyl sites for hydroxylation is 3. The minimum Gasteiger partial charge on any atom is -0.351 e. The van der Waals surface area contributed by atoms with E-state index in [1.54, 1.807) is 0 Å². The molecule has 1 unspecified atom stereocenters. The second-order valence-electron chi connectivity index (χ2n) is 8.87. The van der Waals surface area contributed by atoms with E-state index in [4.69, 9.17) is 21.7 Å². The molecule has 0 spiro atoms. The van der Waals surface area contributed by atoms with Crippen LogP contribution in [0.5, 0.6) is 0 Å². The topological polar surface area (TPSA) is 54.2 Å². The number of nitrogens with zero attached hydrogens (tertiary/aromatic N) is 3. The summed E-state index contributed by atoms with van der Waals surface area (Å²) in [6.45, 7) is 8.44. The number of hydrogen-bond donors (Lipinski definition) is 1. The molecule has 1 N–H and O–H groups in total. The molecule has 1 aromatic heterocycles. The van der Waals surface area contributed by atoms with E-state index in [-0.39, 0.29) is 6.04 Å². The van der Waals surface area contributed by atoms with Crippen LogP contribution in [0.2, 0.25) is 0 Å². The van der Waals surface area contributed by atoms with Crippen molar-refractivity contribution < 1.29 is 4.52 Å². The number of aromatic nitrogens is 2. The average molecular weight is 481 g/mol. The van der Waals surface area contributed by atoms with E-state index in [1.807, 2.05) is 47.4 Å². The van der Waals surface area contributed by atoms with Crippen molar-refractivity contribution in [1.29, 1.82) is 0 Å². The van der Waals surface area contributed by atoms with Crippen molar-refractivity contribution in [2.24, 2.45) is 0 Å². The Kier molecular flexibility index (Phi) is 6.22. The van der Waals surface area contributed by atoms with Crippen LogP contribution in [0.4, 0.5) is 5.69 Å². The van der Waals surface area contributed by atoms with Gasteiger partial charge in [-0.05, 0) is 73.8 Å². The summed E-state index contributed by atoms with van der Waals surface area (Å²) in [6.07, 6.45) is 0.988. The predicted molar refractivity (Wildman–Crippen MR) is 145 cm³/mol. The molecule has 0 fully saturated rings. The highest BCUT2D eigenvalue weighted by atomic mass is 32.1. The maximum atomic E-state index is 5.88. The van der Waals surface area contributed by atoms with Crippen LogP contribution in [-0.4, -0.2) is 15.3 Å². The number of allylic oxidation sites excluding steroid dienone is 1. The molecule has 0 radical (unpaired) electrons. The molecule has 0 amide bonds. The number of benzene rings is 3. The Bertz CT molecular complexity index is 1410. The molecule has 1 atom stereocenters. The standard InChI is InChI=1S/C29H28N4OS/c1-5-21-12-15-22(16-13-21)27-31-28(34-32-27)25-20(4)33(24-9-7-6-8-10-24)29(35)30-26(25)23-14-11-18(2)19(3)17-23/h6-17,26H,5H2,1-4H3,(H,30,35). The number of hydrogen-bond acceptors (Lipinski definition) is 4. The predicted octanol–water partition coefficient (Wildman–Crippen LogP) is 6.78. The van der Waals surface area contributed by atoms with E-state index in [9.17, 15) is 0 Å². The molecule has 6 heteroatoms. The maximum absolute atomic E-state index is 5.88. The minimum absolute atomic E-state index is 0.211. The third-order valence-electron chi connectivity index (χ3n) is 6.64. The summed E-state index contributed by atoms with van der Waals surface area (Å²) >= 11 is 5.84. The molecule has 2 heterocycles. The second-order valence-corrected chi connectivity index (χ2v) is 9.26. The van der Waals surface area contributed by atoms with Crippen molar-refractivity contribution in [3.63, 3.8) is 0 Å². The summed E-state index contributed by atoms with van der Waals surface area (Å²) in [7, 11) is 0. The molecule has 0 bridgehead atoms. The molecule has 1 aliphatic heterocycles. The minimum atomic E-state index is -0.211. The van der Waals surface area contributed by atoms with E-state index < -0.39 is 0 Å². The van der Waals surface area contributed by atoms with Gasteiger partial charge in [0.05, 0.1) is 11.6 Å². The summed E-state index contributed by atoms with van der Waals surface area (Å²) in [4.78, 5) is 6.86. The molecule has 0 saturated carbocycles. The lowest BCUT2D eigenvalue weighted by Crippen LogP contribution is -2.46. The normalized spacial score (nSPS) is 15.9. The summed E-state index contributed by atoms with van der Waals surface area (Å²) in [5.41, 5.74) is 8.62. The quantitative estimate of drug-likeness (QED) is 0.318. The van der Waals surface area contributed by atoms with Gasteiger partial charge in [-0.1, -0.05) is 72.7 Å².